The van der Waals surface area contributed by atoms with E-state index in [9.17, 15) is 14.9 Å². The average molecular weight is 319 g/mol. The Morgan fingerprint density at radius 1 is 1.23 bits per heavy atom. The molecule has 5 nitrogen and oxygen atoms in total. The van der Waals surface area contributed by atoms with Crippen molar-refractivity contribution < 1.29 is 9.72 Å². The van der Waals surface area contributed by atoms with E-state index in [4.69, 9.17) is 11.6 Å². The van der Waals surface area contributed by atoms with Crippen LogP contribution in [0, 0.1) is 10.1 Å². The summed E-state index contributed by atoms with van der Waals surface area (Å²) < 4.78 is 0. The molecule has 0 aliphatic carbocycles. The van der Waals surface area contributed by atoms with Gasteiger partial charge in [-0.25, -0.2) is 0 Å². The van der Waals surface area contributed by atoms with Crippen LogP contribution in [0.4, 0.5) is 11.4 Å². The summed E-state index contributed by atoms with van der Waals surface area (Å²) in [5, 5.41) is 14.8. The van der Waals surface area contributed by atoms with E-state index in [1.807, 2.05) is 12.1 Å². The molecule has 0 saturated carbocycles. The van der Waals surface area contributed by atoms with E-state index in [-0.39, 0.29) is 11.5 Å². The van der Waals surface area contributed by atoms with Crippen molar-refractivity contribution in [3.05, 3.63) is 68.7 Å². The van der Waals surface area contributed by atoms with Crippen molar-refractivity contribution in [2.45, 2.75) is 13.3 Å². The van der Waals surface area contributed by atoms with Gasteiger partial charge in [-0.2, -0.15) is 0 Å². The van der Waals surface area contributed by atoms with Gasteiger partial charge in [-0.05, 0) is 43.2 Å². The minimum absolute atomic E-state index is 0.0937. The third kappa shape index (κ3) is 4.05. The molecule has 22 heavy (non-hydrogen) atoms. The van der Waals surface area contributed by atoms with Crippen molar-refractivity contribution in [2.24, 2.45) is 0 Å². The lowest BCUT2D eigenvalue weighted by atomic mass is 10.1. The van der Waals surface area contributed by atoms with Crippen LogP contribution in [0.25, 0.3) is 0 Å². The number of benzene rings is 2. The number of rotatable bonds is 6. The molecule has 0 radical (unpaired) electrons. The predicted octanol–water partition coefficient (Wildman–Crippen LogP) is 4.11. The molecule has 2 aromatic carbocycles. The monoisotopic (exact) mass is 318 g/mol. The lowest BCUT2D eigenvalue weighted by Crippen LogP contribution is -2.07. The molecule has 0 atom stereocenters. The summed E-state index contributed by atoms with van der Waals surface area (Å²) in [6.45, 7) is 1.93. The molecule has 1 N–H and O–H groups in total. The summed E-state index contributed by atoms with van der Waals surface area (Å²) in [4.78, 5) is 21.9. The van der Waals surface area contributed by atoms with E-state index in [1.54, 1.807) is 24.3 Å². The summed E-state index contributed by atoms with van der Waals surface area (Å²) >= 11 is 5.82. The Morgan fingerprint density at radius 2 is 1.91 bits per heavy atom. The summed E-state index contributed by atoms with van der Waals surface area (Å²) in [7, 11) is 0. The Bertz CT molecular complexity index is 699. The smallest absolute Gasteiger partial charge is 0.293 e. The maximum absolute atomic E-state index is 11.3. The lowest BCUT2D eigenvalue weighted by molar-refractivity contribution is -0.384. The molecule has 114 valence electrons. The first-order valence-electron chi connectivity index (χ1n) is 6.75. The highest BCUT2D eigenvalue weighted by Gasteiger charge is 2.15. The fraction of sp³-hybridized carbons (Fsp3) is 0.188. The SMILES string of the molecule is CC(=O)c1ccc(NCCc2ccc(Cl)cc2)c([N+](=O)[O-])c1. The summed E-state index contributed by atoms with van der Waals surface area (Å²) in [6.07, 6.45) is 0.711. The van der Waals surface area contributed by atoms with E-state index < -0.39 is 4.92 Å². The van der Waals surface area contributed by atoms with Gasteiger partial charge in [0.15, 0.2) is 5.78 Å². The zero-order chi connectivity index (χ0) is 16.1. The molecule has 0 saturated heterocycles. The van der Waals surface area contributed by atoms with Gasteiger partial charge in [0.25, 0.3) is 5.69 Å². The zero-order valence-electron chi connectivity index (χ0n) is 12.0. The number of nitrogens with zero attached hydrogens (tertiary/aromatic N) is 1. The molecule has 0 amide bonds. The molecule has 0 aliphatic heterocycles. The van der Waals surface area contributed by atoms with Crippen molar-refractivity contribution in [2.75, 3.05) is 11.9 Å². The van der Waals surface area contributed by atoms with Gasteiger partial charge in [-0.1, -0.05) is 23.7 Å². The number of Topliss-reactive ketones (excluding diaryl/α,β-unsaturated/α-hetero) is 1. The van der Waals surface area contributed by atoms with Crippen molar-refractivity contribution in [1.82, 2.24) is 0 Å². The zero-order valence-corrected chi connectivity index (χ0v) is 12.8. The largest absolute Gasteiger partial charge is 0.379 e. The molecule has 0 spiro atoms. The van der Waals surface area contributed by atoms with Gasteiger partial charge in [0.2, 0.25) is 0 Å². The van der Waals surface area contributed by atoms with Crippen LogP contribution in [0.15, 0.2) is 42.5 Å². The molecule has 0 fully saturated rings. The number of ketones is 1. The molecule has 2 rings (SSSR count). The van der Waals surface area contributed by atoms with E-state index in [0.29, 0.717) is 29.2 Å². The minimum atomic E-state index is -0.489. The van der Waals surface area contributed by atoms with Gasteiger partial charge in [0.1, 0.15) is 5.69 Å². The molecule has 0 unspecified atom stereocenters. The Balaban J connectivity index is 2.07. The number of anilines is 1. The van der Waals surface area contributed by atoms with Gasteiger partial charge < -0.3 is 5.32 Å². The topological polar surface area (TPSA) is 72.2 Å². The Kier molecular flexibility index (Phi) is 5.12. The third-order valence-electron chi connectivity index (χ3n) is 3.24. The number of nitro groups is 1. The van der Waals surface area contributed by atoms with Crippen molar-refractivity contribution in [3.8, 4) is 0 Å². The normalized spacial score (nSPS) is 10.3. The highest BCUT2D eigenvalue weighted by atomic mass is 35.5. The van der Waals surface area contributed by atoms with Crippen LogP contribution < -0.4 is 5.32 Å². The molecule has 0 bridgehead atoms. The van der Waals surface area contributed by atoms with Crippen LogP contribution in [-0.2, 0) is 6.42 Å². The Labute approximate surface area is 133 Å². The van der Waals surface area contributed by atoms with E-state index >= 15 is 0 Å². The number of hydrogen-bond acceptors (Lipinski definition) is 4. The van der Waals surface area contributed by atoms with Crippen molar-refractivity contribution in [1.29, 1.82) is 0 Å². The first kappa shape index (κ1) is 16.0. The lowest BCUT2D eigenvalue weighted by Gasteiger charge is -2.08. The predicted molar refractivity (Wildman–Crippen MR) is 86.7 cm³/mol. The van der Waals surface area contributed by atoms with Gasteiger partial charge >= 0.3 is 0 Å². The van der Waals surface area contributed by atoms with Crippen molar-refractivity contribution in [3.63, 3.8) is 0 Å². The first-order valence-corrected chi connectivity index (χ1v) is 7.13. The maximum atomic E-state index is 11.3. The van der Waals surface area contributed by atoms with Crippen LogP contribution in [0.2, 0.25) is 5.02 Å². The van der Waals surface area contributed by atoms with Crippen LogP contribution in [0.3, 0.4) is 0 Å². The molecule has 6 heteroatoms. The highest BCUT2D eigenvalue weighted by molar-refractivity contribution is 6.30. The minimum Gasteiger partial charge on any atom is -0.379 e. The second-order valence-corrected chi connectivity index (χ2v) is 5.28. The van der Waals surface area contributed by atoms with E-state index in [1.165, 1.54) is 13.0 Å². The molecule has 0 aromatic heterocycles. The highest BCUT2D eigenvalue weighted by Crippen LogP contribution is 2.25. The summed E-state index contributed by atoms with van der Waals surface area (Å²) in [6, 6.07) is 11.9. The maximum Gasteiger partial charge on any atom is 0.293 e. The number of nitro benzene ring substituents is 1. The quantitative estimate of drug-likeness (QED) is 0.494. The standard InChI is InChI=1S/C16H15ClN2O3/c1-11(20)13-4-7-15(16(10-13)19(21)22)18-9-8-12-2-5-14(17)6-3-12/h2-7,10,18H,8-9H2,1H3. The van der Waals surface area contributed by atoms with Gasteiger partial charge in [0.05, 0.1) is 4.92 Å². The number of nitrogens with one attached hydrogen (secondary N) is 1. The summed E-state index contributed by atoms with van der Waals surface area (Å²) in [5.74, 6) is -0.198. The van der Waals surface area contributed by atoms with Crippen LogP contribution in [0.5, 0.6) is 0 Å². The van der Waals surface area contributed by atoms with Crippen LogP contribution in [0.1, 0.15) is 22.8 Å². The second-order valence-electron chi connectivity index (χ2n) is 4.85. The van der Waals surface area contributed by atoms with Gasteiger partial charge in [-0.15, -0.1) is 0 Å². The van der Waals surface area contributed by atoms with Crippen LogP contribution in [-0.4, -0.2) is 17.3 Å². The number of carbonyl (C=O) groups is 1. The first-order chi connectivity index (χ1) is 10.5. The van der Waals surface area contributed by atoms with Gasteiger partial charge in [-0.3, -0.25) is 14.9 Å². The molecule has 0 heterocycles. The molecular weight excluding hydrogens is 304 g/mol. The fourth-order valence-corrected chi connectivity index (χ4v) is 2.17. The molecule has 0 aliphatic rings. The third-order valence-corrected chi connectivity index (χ3v) is 3.50. The van der Waals surface area contributed by atoms with E-state index in [0.717, 1.165) is 5.56 Å². The molecule has 2 aromatic rings. The number of carbonyl (C=O) groups excluding carboxylic acids is 1. The second kappa shape index (κ2) is 7.04. The van der Waals surface area contributed by atoms with Crippen LogP contribution >= 0.6 is 11.6 Å². The van der Waals surface area contributed by atoms with Gasteiger partial charge in [0, 0.05) is 23.2 Å². The number of halogens is 1. The Morgan fingerprint density at radius 3 is 2.50 bits per heavy atom. The average Bonchev–Trinajstić information content (AvgIpc) is 2.49. The molecular formula is C16H15ClN2O3. The van der Waals surface area contributed by atoms with E-state index in [2.05, 4.69) is 5.32 Å². The summed E-state index contributed by atoms with van der Waals surface area (Å²) in [5.41, 5.74) is 1.72. The van der Waals surface area contributed by atoms with Crippen molar-refractivity contribution >= 4 is 28.8 Å². The fourth-order valence-electron chi connectivity index (χ4n) is 2.04. The number of hydrogen-bond donors (Lipinski definition) is 1. The Hall–Kier alpha value is -2.40.